The number of carbonyl (C=O) groups excluding carboxylic acids is 1. The summed E-state index contributed by atoms with van der Waals surface area (Å²) >= 11 is 0. The number of carboxylic acid groups (broad SMARTS) is 1. The monoisotopic (exact) mass is 362 g/mol. The molecule has 1 amide bonds. The van der Waals surface area contributed by atoms with E-state index in [-0.39, 0.29) is 38.4 Å². The molecule has 29 heavy (non-hydrogen) atoms. The second kappa shape index (κ2) is 7.84. The lowest BCUT2D eigenvalue weighted by molar-refractivity contribution is -0.138. The van der Waals surface area contributed by atoms with Crippen LogP contribution in [-0.4, -0.2) is 103 Å². The molecule has 0 aliphatic heterocycles. The van der Waals surface area contributed by atoms with Gasteiger partial charge in [-0.1, -0.05) is 10.9 Å². The Morgan fingerprint density at radius 2 is 1.24 bits per heavy atom. The van der Waals surface area contributed by atoms with E-state index in [0.717, 1.165) is 0 Å². The Labute approximate surface area is 179 Å². The zero-order valence-electron chi connectivity index (χ0n) is 14.9. The summed E-state index contributed by atoms with van der Waals surface area (Å²) in [4.78, 5) is 26.9. The van der Waals surface area contributed by atoms with Crippen LogP contribution in [0.1, 0.15) is 10.5 Å². The Morgan fingerprint density at radius 3 is 1.69 bits per heavy atom. The van der Waals surface area contributed by atoms with Crippen molar-refractivity contribution in [2.24, 2.45) is 0 Å². The normalized spacial score (nSPS) is 11.2. The van der Waals surface area contributed by atoms with Gasteiger partial charge in [0.1, 0.15) is 76.4 Å². The van der Waals surface area contributed by atoms with Gasteiger partial charge in [0.15, 0.2) is 5.69 Å². The van der Waals surface area contributed by atoms with Crippen molar-refractivity contribution < 1.29 is 19.8 Å². The smallest absolute Gasteiger partial charge is 0.310 e. The lowest BCUT2D eigenvalue weighted by Crippen LogP contribution is -2.56. The van der Waals surface area contributed by atoms with Gasteiger partial charge in [0.05, 0.1) is 5.34 Å². The van der Waals surface area contributed by atoms with E-state index in [9.17, 15) is 14.7 Å². The van der Waals surface area contributed by atoms with Crippen LogP contribution >= 0.6 is 0 Å². The van der Waals surface area contributed by atoms with Crippen LogP contribution in [0.15, 0.2) is 0 Å². The summed E-state index contributed by atoms with van der Waals surface area (Å²) < 4.78 is 0. The number of benzene rings is 1. The summed E-state index contributed by atoms with van der Waals surface area (Å²) in [5.41, 5.74) is -2.42. The third-order valence-electron chi connectivity index (χ3n) is 4.08. The zero-order chi connectivity index (χ0) is 22.4. The van der Waals surface area contributed by atoms with E-state index < -0.39 is 39.7 Å². The maximum atomic E-state index is 12.3. The fourth-order valence-electron chi connectivity index (χ4n) is 2.45. The van der Waals surface area contributed by atoms with E-state index in [1.54, 1.807) is 5.32 Å². The molecule has 0 fully saturated rings. The van der Waals surface area contributed by atoms with Gasteiger partial charge in [-0.25, -0.2) is 0 Å². The summed E-state index contributed by atoms with van der Waals surface area (Å²) in [6, 6.07) is 0. The summed E-state index contributed by atoms with van der Waals surface area (Å²) in [6.07, 6.45) is 0. The molecule has 2 rings (SSSR count). The first kappa shape index (κ1) is 23.0. The minimum atomic E-state index is -2.65. The summed E-state index contributed by atoms with van der Waals surface area (Å²) in [7, 11) is 51.5. The number of nitrogens with one attached hydrogen (secondary N) is 1. The lowest BCUT2D eigenvalue weighted by atomic mass is 9.58. The molecule has 0 saturated heterocycles. The van der Waals surface area contributed by atoms with Crippen molar-refractivity contribution in [3.8, 4) is 16.9 Å². The summed E-state index contributed by atoms with van der Waals surface area (Å²) in [5, 5.41) is 18.3. The highest BCUT2D eigenvalue weighted by atomic mass is 16.4. The molecule has 0 aliphatic carbocycles. The minimum absolute atomic E-state index is 0.0588. The number of rotatable bonds is 4. The Kier molecular flexibility index (Phi) is 6.22. The van der Waals surface area contributed by atoms with Crippen LogP contribution in [0.5, 0.6) is 5.75 Å². The molecular weight excluding hydrogens is 357 g/mol. The quantitative estimate of drug-likeness (QED) is 0.471. The number of hydrogen-bond donors (Lipinski definition) is 3. The van der Waals surface area contributed by atoms with Gasteiger partial charge in [0, 0.05) is 0 Å². The number of pyridine rings is 1. The van der Waals surface area contributed by atoms with Crippen molar-refractivity contribution in [1.29, 1.82) is 0 Å². The van der Waals surface area contributed by atoms with Crippen molar-refractivity contribution in [1.82, 2.24) is 10.3 Å². The third kappa shape index (κ3) is 3.92. The number of amides is 1. The first-order chi connectivity index (χ1) is 13.2. The number of carbonyl (C=O) groups is 2. The second-order valence-electron chi connectivity index (χ2n) is 6.05. The number of hydrogen-bond acceptors (Lipinski definition) is 4. The molecule has 0 unspecified atom stereocenters. The molecule has 15 heteroatoms. The highest BCUT2D eigenvalue weighted by Gasteiger charge is 2.30. The molecule has 0 aliphatic rings. The predicted octanol–water partition coefficient (Wildman–Crippen LogP) is -8.18. The Balaban J connectivity index is 2.72. The van der Waals surface area contributed by atoms with E-state index >= 15 is 0 Å². The van der Waals surface area contributed by atoms with Gasteiger partial charge in [-0.05, 0) is 22.2 Å². The first-order valence-electron chi connectivity index (χ1n) is 7.65. The molecule has 1 aromatic heterocycles. The van der Waals surface area contributed by atoms with Gasteiger partial charge in [-0.2, -0.15) is 0 Å². The molecular formula is C14H3B9N2O4. The summed E-state index contributed by atoms with van der Waals surface area (Å²) in [5.74, 6) is -3.89. The molecule has 0 bridgehead atoms. The van der Waals surface area contributed by atoms with E-state index in [4.69, 9.17) is 75.7 Å². The SMILES string of the molecule is [B]c1nc(C(=O)NC([B])([B])C(=O)O)c(O)c([B])c1-c1c([B])c([B])c([B])c([B])c1[B]. The molecule has 1 heterocycles. The van der Waals surface area contributed by atoms with Crippen molar-refractivity contribution in [2.45, 2.75) is 5.34 Å². The molecule has 6 nitrogen and oxygen atoms in total. The van der Waals surface area contributed by atoms with Gasteiger partial charge in [-0.15, -0.1) is 16.4 Å². The van der Waals surface area contributed by atoms with Crippen LogP contribution in [0.25, 0.3) is 11.1 Å². The van der Waals surface area contributed by atoms with E-state index in [1.807, 2.05) is 0 Å². The standard InChI is InChI=1S/C14H3B9N2O4/c15-3-1(4(16)7(19)8(20)6(3)18)2-5(17)10(26)9(24-11(2)21)12(27)25-14(22,23)13(28)29/h26H,(H,25,27)(H,28,29). The van der Waals surface area contributed by atoms with E-state index in [2.05, 4.69) is 4.98 Å². The average molecular weight is 360 g/mol. The van der Waals surface area contributed by atoms with Gasteiger partial charge < -0.3 is 15.5 Å². The Hall–Kier alpha value is -2.31. The molecule has 18 radical (unpaired) electrons. The fourth-order valence-corrected chi connectivity index (χ4v) is 2.45. The molecule has 1 aromatic carbocycles. The highest BCUT2D eigenvalue weighted by molar-refractivity contribution is 6.69. The van der Waals surface area contributed by atoms with Gasteiger partial charge in [0.25, 0.3) is 5.91 Å². The van der Waals surface area contributed by atoms with Crippen molar-refractivity contribution in [3.05, 3.63) is 5.69 Å². The molecule has 0 atom stereocenters. The van der Waals surface area contributed by atoms with Crippen LogP contribution in [-0.2, 0) is 4.79 Å². The minimum Gasteiger partial charge on any atom is -0.506 e. The maximum Gasteiger partial charge on any atom is 0.310 e. The van der Waals surface area contributed by atoms with E-state index in [1.165, 1.54) is 0 Å². The maximum absolute atomic E-state index is 12.3. The number of aromatic hydroxyl groups is 1. The fraction of sp³-hybridized carbons (Fsp3) is 0.0714. The van der Waals surface area contributed by atoms with Crippen molar-refractivity contribution >= 4 is 121 Å². The highest BCUT2D eigenvalue weighted by Crippen LogP contribution is 2.17. The number of aromatic nitrogens is 1. The van der Waals surface area contributed by atoms with Crippen molar-refractivity contribution in [2.75, 3.05) is 0 Å². The second-order valence-corrected chi connectivity index (χ2v) is 6.05. The number of nitrogens with zero attached hydrogens (tertiary/aromatic N) is 1. The van der Waals surface area contributed by atoms with Crippen LogP contribution in [0.4, 0.5) is 0 Å². The Morgan fingerprint density at radius 1 is 0.793 bits per heavy atom. The lowest BCUT2D eigenvalue weighted by Gasteiger charge is -2.26. The first-order valence-corrected chi connectivity index (χ1v) is 7.65. The zero-order valence-corrected chi connectivity index (χ0v) is 14.9. The van der Waals surface area contributed by atoms with Crippen LogP contribution in [0.3, 0.4) is 0 Å². The molecule has 0 spiro atoms. The third-order valence-corrected chi connectivity index (χ3v) is 4.08. The predicted molar refractivity (Wildman–Crippen MR) is 118 cm³/mol. The summed E-state index contributed by atoms with van der Waals surface area (Å²) in [6.45, 7) is 0. The Bertz CT molecular complexity index is 1030. The molecule has 0 saturated carbocycles. The van der Waals surface area contributed by atoms with Gasteiger partial charge in [0.2, 0.25) is 0 Å². The van der Waals surface area contributed by atoms with Gasteiger partial charge in [-0.3, -0.25) is 14.6 Å². The average Bonchev–Trinajstić information content (AvgIpc) is 2.63. The topological polar surface area (TPSA) is 99.5 Å². The van der Waals surface area contributed by atoms with Crippen molar-refractivity contribution in [3.63, 3.8) is 0 Å². The number of aliphatic carboxylic acids is 1. The van der Waals surface area contributed by atoms with Crippen LogP contribution < -0.4 is 43.7 Å². The molecule has 120 valence electrons. The molecule has 2 aromatic rings. The van der Waals surface area contributed by atoms with Crippen LogP contribution in [0, 0.1) is 0 Å². The largest absolute Gasteiger partial charge is 0.506 e. The van der Waals surface area contributed by atoms with Crippen LogP contribution in [0.2, 0.25) is 0 Å². The molecule has 3 N–H and O–H groups in total. The van der Waals surface area contributed by atoms with Gasteiger partial charge >= 0.3 is 5.97 Å². The number of carboxylic acids is 1. The van der Waals surface area contributed by atoms with E-state index in [0.29, 0.717) is 0 Å².